The van der Waals surface area contributed by atoms with Gasteiger partial charge >= 0.3 is 0 Å². The molecule has 7 heteroatoms. The van der Waals surface area contributed by atoms with Gasteiger partial charge in [0.2, 0.25) is 5.91 Å². The number of fused-ring (bicyclic) bond motifs is 1. The predicted molar refractivity (Wildman–Crippen MR) is 114 cm³/mol. The number of nitrogens with one attached hydrogen (secondary N) is 1. The molecule has 0 saturated carbocycles. The topological polar surface area (TPSA) is 75.9 Å². The summed E-state index contributed by atoms with van der Waals surface area (Å²) >= 11 is 0. The van der Waals surface area contributed by atoms with E-state index in [2.05, 4.69) is 58.5 Å². The number of hydrogen-bond donors (Lipinski definition) is 1. The normalized spacial score (nSPS) is 17.0. The van der Waals surface area contributed by atoms with Crippen LogP contribution in [0.1, 0.15) is 36.7 Å². The second kappa shape index (κ2) is 7.81. The summed E-state index contributed by atoms with van der Waals surface area (Å²) in [4.78, 5) is 14.5. The van der Waals surface area contributed by atoms with E-state index in [9.17, 15) is 4.79 Å². The van der Waals surface area contributed by atoms with E-state index in [4.69, 9.17) is 5.10 Å². The molecule has 1 aromatic carbocycles. The summed E-state index contributed by atoms with van der Waals surface area (Å²) in [5, 5.41) is 17.8. The number of carbonyl (C=O) groups excluding carboxylic acids is 1. The molecular formula is C22H28N6O. The van der Waals surface area contributed by atoms with Gasteiger partial charge in [-0.15, -0.1) is 5.10 Å². The van der Waals surface area contributed by atoms with Crippen LogP contribution in [0.2, 0.25) is 0 Å². The zero-order valence-corrected chi connectivity index (χ0v) is 17.6. The van der Waals surface area contributed by atoms with E-state index in [1.165, 1.54) is 5.56 Å². The third-order valence-electron chi connectivity index (χ3n) is 5.71. The summed E-state index contributed by atoms with van der Waals surface area (Å²) in [5.74, 6) is 0.866. The van der Waals surface area contributed by atoms with Crippen molar-refractivity contribution in [3.63, 3.8) is 0 Å². The minimum absolute atomic E-state index is 0.0258. The molecule has 0 radical (unpaired) electrons. The zero-order valence-electron chi connectivity index (χ0n) is 17.6. The van der Waals surface area contributed by atoms with Crippen LogP contribution >= 0.6 is 0 Å². The van der Waals surface area contributed by atoms with Gasteiger partial charge in [0.05, 0.1) is 28.4 Å². The number of nitrogens with zero attached hydrogens (tertiary/aromatic N) is 5. The number of rotatable bonds is 4. The van der Waals surface area contributed by atoms with Crippen molar-refractivity contribution in [3.05, 3.63) is 41.2 Å². The molecule has 1 N–H and O–H groups in total. The number of benzene rings is 1. The average molecular weight is 393 g/mol. The molecule has 29 heavy (non-hydrogen) atoms. The molecule has 1 aliphatic rings. The van der Waals surface area contributed by atoms with Crippen molar-refractivity contribution in [1.29, 1.82) is 0 Å². The van der Waals surface area contributed by atoms with Gasteiger partial charge in [0.1, 0.15) is 5.52 Å². The van der Waals surface area contributed by atoms with E-state index in [-0.39, 0.29) is 11.8 Å². The van der Waals surface area contributed by atoms with Gasteiger partial charge in [-0.25, -0.2) is 4.68 Å². The maximum atomic E-state index is 12.4. The quantitative estimate of drug-likeness (QED) is 0.738. The second-order valence-electron chi connectivity index (χ2n) is 7.85. The van der Waals surface area contributed by atoms with Crippen molar-refractivity contribution in [2.45, 2.75) is 40.5 Å². The first-order valence-corrected chi connectivity index (χ1v) is 10.3. The summed E-state index contributed by atoms with van der Waals surface area (Å²) in [6, 6.07) is 8.34. The van der Waals surface area contributed by atoms with Gasteiger partial charge in [-0.05, 0) is 52.7 Å². The fourth-order valence-electron chi connectivity index (χ4n) is 4.16. The summed E-state index contributed by atoms with van der Waals surface area (Å²) < 4.78 is 1.97. The van der Waals surface area contributed by atoms with Crippen molar-refractivity contribution in [2.24, 2.45) is 5.92 Å². The van der Waals surface area contributed by atoms with E-state index in [1.54, 1.807) is 0 Å². The van der Waals surface area contributed by atoms with Crippen LogP contribution in [-0.4, -0.2) is 45.5 Å². The maximum Gasteiger partial charge on any atom is 0.224 e. The molecule has 3 aromatic rings. The molecule has 0 unspecified atom stereocenters. The minimum atomic E-state index is -0.0258. The Bertz CT molecular complexity index is 1040. The molecule has 1 aliphatic heterocycles. The van der Waals surface area contributed by atoms with Crippen LogP contribution in [0.4, 0.5) is 5.82 Å². The van der Waals surface area contributed by atoms with Gasteiger partial charge in [-0.3, -0.25) is 4.79 Å². The smallest absolute Gasteiger partial charge is 0.224 e. The maximum absolute atomic E-state index is 12.4. The van der Waals surface area contributed by atoms with E-state index in [1.807, 2.05) is 18.5 Å². The minimum Gasteiger partial charge on any atom is -0.356 e. The largest absolute Gasteiger partial charge is 0.356 e. The first-order valence-electron chi connectivity index (χ1n) is 10.3. The molecule has 0 bridgehead atoms. The lowest BCUT2D eigenvalue weighted by Crippen LogP contribution is -2.43. The van der Waals surface area contributed by atoms with E-state index in [0.29, 0.717) is 13.1 Å². The van der Waals surface area contributed by atoms with Gasteiger partial charge in [0.15, 0.2) is 5.82 Å². The number of carbonyl (C=O) groups is 1. The lowest BCUT2D eigenvalue weighted by molar-refractivity contribution is -0.125. The molecule has 0 aliphatic carbocycles. The van der Waals surface area contributed by atoms with Crippen molar-refractivity contribution >= 4 is 22.6 Å². The molecule has 7 nitrogen and oxygen atoms in total. The van der Waals surface area contributed by atoms with Crippen molar-refractivity contribution in [1.82, 2.24) is 25.3 Å². The second-order valence-corrected chi connectivity index (χ2v) is 7.85. The summed E-state index contributed by atoms with van der Waals surface area (Å²) in [5.41, 5.74) is 5.01. The Morgan fingerprint density at radius 2 is 1.93 bits per heavy atom. The van der Waals surface area contributed by atoms with Gasteiger partial charge in [-0.2, -0.15) is 10.2 Å². The third kappa shape index (κ3) is 3.57. The third-order valence-corrected chi connectivity index (χ3v) is 5.71. The van der Waals surface area contributed by atoms with Gasteiger partial charge < -0.3 is 10.2 Å². The Balaban J connectivity index is 1.76. The summed E-state index contributed by atoms with van der Waals surface area (Å²) in [7, 11) is 0. The van der Waals surface area contributed by atoms with Crippen LogP contribution in [0.3, 0.4) is 0 Å². The van der Waals surface area contributed by atoms with Crippen LogP contribution in [0, 0.1) is 26.7 Å². The van der Waals surface area contributed by atoms with E-state index >= 15 is 0 Å². The molecule has 4 rings (SSSR count). The van der Waals surface area contributed by atoms with Crippen LogP contribution < -0.4 is 10.2 Å². The molecular weight excluding hydrogens is 364 g/mol. The Hall–Kier alpha value is -2.96. The number of aromatic nitrogens is 4. The molecule has 1 atom stereocenters. The van der Waals surface area contributed by atoms with Gasteiger partial charge in [0, 0.05) is 19.6 Å². The average Bonchev–Trinajstić information content (AvgIpc) is 3.07. The lowest BCUT2D eigenvalue weighted by Gasteiger charge is -2.32. The SMILES string of the molecule is CCNC(=O)[C@H]1CCCN(c2nnc(C)c3c(C)n(-c4ccc(C)cc4)nc23)C1. The highest BCUT2D eigenvalue weighted by atomic mass is 16.1. The van der Waals surface area contributed by atoms with Crippen LogP contribution in [0.15, 0.2) is 24.3 Å². The van der Waals surface area contributed by atoms with Crippen LogP contribution in [-0.2, 0) is 4.79 Å². The molecule has 2 aromatic heterocycles. The monoisotopic (exact) mass is 392 g/mol. The highest BCUT2D eigenvalue weighted by Crippen LogP contribution is 2.31. The number of amides is 1. The van der Waals surface area contributed by atoms with Crippen molar-refractivity contribution in [3.8, 4) is 5.69 Å². The Morgan fingerprint density at radius 3 is 2.66 bits per heavy atom. The fraction of sp³-hybridized carbons (Fsp3) is 0.455. The molecule has 152 valence electrons. The van der Waals surface area contributed by atoms with Crippen molar-refractivity contribution < 1.29 is 4.79 Å². The molecule has 0 spiro atoms. The molecule has 1 amide bonds. The van der Waals surface area contributed by atoms with Gasteiger partial charge in [0.25, 0.3) is 0 Å². The summed E-state index contributed by atoms with van der Waals surface area (Å²) in [6.45, 7) is 10.2. The first-order chi connectivity index (χ1) is 14.0. The Morgan fingerprint density at radius 1 is 1.17 bits per heavy atom. The van der Waals surface area contributed by atoms with Crippen molar-refractivity contribution in [2.75, 3.05) is 24.5 Å². The fourth-order valence-corrected chi connectivity index (χ4v) is 4.16. The van der Waals surface area contributed by atoms with E-state index in [0.717, 1.165) is 53.2 Å². The molecule has 1 fully saturated rings. The number of hydrogen-bond acceptors (Lipinski definition) is 5. The van der Waals surface area contributed by atoms with Crippen LogP contribution in [0.5, 0.6) is 0 Å². The molecule has 1 saturated heterocycles. The van der Waals surface area contributed by atoms with Crippen LogP contribution in [0.25, 0.3) is 16.6 Å². The number of piperidine rings is 1. The Labute approximate surface area is 171 Å². The predicted octanol–water partition coefficient (Wildman–Crippen LogP) is 3.09. The van der Waals surface area contributed by atoms with E-state index < -0.39 is 0 Å². The number of aryl methyl sites for hydroxylation is 3. The Kier molecular flexibility index (Phi) is 5.22. The molecule has 3 heterocycles. The standard InChI is InChI=1S/C22H28N6O/c1-5-23-22(29)17-7-6-12-27(13-17)21-20-19(15(3)24-25-21)16(4)28(26-20)18-10-8-14(2)9-11-18/h8-11,17H,5-7,12-13H2,1-4H3,(H,23,29)/t17-/m0/s1. The zero-order chi connectivity index (χ0) is 20.5. The number of anilines is 1. The van der Waals surface area contributed by atoms with Gasteiger partial charge in [-0.1, -0.05) is 17.7 Å². The highest BCUT2D eigenvalue weighted by molar-refractivity contribution is 5.92. The lowest BCUT2D eigenvalue weighted by atomic mass is 9.97. The first kappa shape index (κ1) is 19.4. The summed E-state index contributed by atoms with van der Waals surface area (Å²) in [6.07, 6.45) is 1.86. The highest BCUT2D eigenvalue weighted by Gasteiger charge is 2.29.